The topological polar surface area (TPSA) is 44.4 Å². The third kappa shape index (κ3) is 7.03. The van der Waals surface area contributed by atoms with Gasteiger partial charge in [0.15, 0.2) is 0 Å². The van der Waals surface area contributed by atoms with Crippen molar-refractivity contribution in [3.05, 3.63) is 0 Å². The molecule has 2 saturated heterocycles. The standard InChI is InChI=1S/C16H31N3O.2ClH/c1-13-4-3-5-14(2)19(13)11-10-18-16(20)7-6-15-8-9-17-12-15;;/h13-15,17H,3-12H2,1-2H3,(H,18,20);2*1H. The molecule has 2 N–H and O–H groups in total. The van der Waals surface area contributed by atoms with Gasteiger partial charge in [-0.15, -0.1) is 24.8 Å². The van der Waals surface area contributed by atoms with Crippen molar-refractivity contribution in [3.63, 3.8) is 0 Å². The van der Waals surface area contributed by atoms with Crippen LogP contribution in [-0.4, -0.2) is 49.1 Å². The van der Waals surface area contributed by atoms with Crippen LogP contribution in [0.5, 0.6) is 0 Å². The highest BCUT2D eigenvalue weighted by Crippen LogP contribution is 2.21. The predicted octanol–water partition coefficient (Wildman–Crippen LogP) is 2.60. The number of nitrogens with zero attached hydrogens (tertiary/aromatic N) is 1. The van der Waals surface area contributed by atoms with E-state index in [1.165, 1.54) is 25.7 Å². The monoisotopic (exact) mass is 353 g/mol. The smallest absolute Gasteiger partial charge is 0.220 e. The first-order chi connectivity index (χ1) is 9.66. The summed E-state index contributed by atoms with van der Waals surface area (Å²) in [6.07, 6.45) is 6.91. The van der Waals surface area contributed by atoms with E-state index in [9.17, 15) is 4.79 Å². The molecule has 22 heavy (non-hydrogen) atoms. The Hall–Kier alpha value is -0.0300. The lowest BCUT2D eigenvalue weighted by atomic mass is 9.98. The number of rotatable bonds is 6. The summed E-state index contributed by atoms with van der Waals surface area (Å²) in [5.41, 5.74) is 0. The van der Waals surface area contributed by atoms with E-state index in [0.29, 0.717) is 24.4 Å². The van der Waals surface area contributed by atoms with E-state index in [0.717, 1.165) is 32.6 Å². The van der Waals surface area contributed by atoms with Crippen LogP contribution in [0, 0.1) is 5.92 Å². The first-order valence-corrected chi connectivity index (χ1v) is 8.40. The van der Waals surface area contributed by atoms with Gasteiger partial charge in [-0.3, -0.25) is 9.69 Å². The summed E-state index contributed by atoms with van der Waals surface area (Å²) >= 11 is 0. The van der Waals surface area contributed by atoms with Crippen LogP contribution >= 0.6 is 24.8 Å². The summed E-state index contributed by atoms with van der Waals surface area (Å²) < 4.78 is 0. The lowest BCUT2D eigenvalue weighted by Crippen LogP contribution is -2.47. The van der Waals surface area contributed by atoms with Crippen LogP contribution in [0.3, 0.4) is 0 Å². The van der Waals surface area contributed by atoms with Crippen LogP contribution in [0.15, 0.2) is 0 Å². The minimum absolute atomic E-state index is 0. The van der Waals surface area contributed by atoms with Gasteiger partial charge in [0.25, 0.3) is 0 Å². The average Bonchev–Trinajstić information content (AvgIpc) is 2.93. The largest absolute Gasteiger partial charge is 0.355 e. The van der Waals surface area contributed by atoms with E-state index in [-0.39, 0.29) is 30.7 Å². The molecule has 2 fully saturated rings. The Labute approximate surface area is 148 Å². The molecule has 2 aliphatic heterocycles. The van der Waals surface area contributed by atoms with Crippen molar-refractivity contribution >= 4 is 30.7 Å². The molecule has 2 rings (SSSR count). The maximum Gasteiger partial charge on any atom is 0.220 e. The van der Waals surface area contributed by atoms with Crippen LogP contribution in [0.4, 0.5) is 0 Å². The Kier molecular flexibility index (Phi) is 11.5. The first-order valence-electron chi connectivity index (χ1n) is 8.40. The second kappa shape index (κ2) is 11.5. The predicted molar refractivity (Wildman–Crippen MR) is 97.2 cm³/mol. The number of carbonyl (C=O) groups excluding carboxylic acids is 1. The number of hydrogen-bond acceptors (Lipinski definition) is 3. The van der Waals surface area contributed by atoms with Gasteiger partial charge in [-0.05, 0) is 58.5 Å². The van der Waals surface area contributed by atoms with Crippen molar-refractivity contribution < 1.29 is 4.79 Å². The molecule has 3 atom stereocenters. The van der Waals surface area contributed by atoms with Gasteiger partial charge in [0.2, 0.25) is 5.91 Å². The van der Waals surface area contributed by atoms with Crippen LogP contribution in [0.25, 0.3) is 0 Å². The summed E-state index contributed by atoms with van der Waals surface area (Å²) in [4.78, 5) is 14.4. The number of nitrogens with one attached hydrogen (secondary N) is 2. The van der Waals surface area contributed by atoms with Crippen molar-refractivity contribution in [2.45, 2.75) is 64.5 Å². The molecule has 2 aliphatic rings. The van der Waals surface area contributed by atoms with Crippen LogP contribution in [0.1, 0.15) is 52.4 Å². The Morgan fingerprint density at radius 1 is 1.18 bits per heavy atom. The van der Waals surface area contributed by atoms with E-state index in [2.05, 4.69) is 29.4 Å². The Bertz CT molecular complexity index is 302. The van der Waals surface area contributed by atoms with Gasteiger partial charge in [0.05, 0.1) is 0 Å². The quantitative estimate of drug-likeness (QED) is 0.771. The molecule has 4 nitrogen and oxygen atoms in total. The molecule has 0 spiro atoms. The zero-order chi connectivity index (χ0) is 14.4. The average molecular weight is 354 g/mol. The molecule has 3 unspecified atom stereocenters. The van der Waals surface area contributed by atoms with E-state index < -0.39 is 0 Å². The minimum Gasteiger partial charge on any atom is -0.355 e. The lowest BCUT2D eigenvalue weighted by Gasteiger charge is -2.39. The highest BCUT2D eigenvalue weighted by atomic mass is 35.5. The summed E-state index contributed by atoms with van der Waals surface area (Å²) in [6, 6.07) is 1.33. The normalized spacial score (nSPS) is 28.5. The second-order valence-corrected chi connectivity index (χ2v) is 6.61. The summed E-state index contributed by atoms with van der Waals surface area (Å²) in [7, 11) is 0. The molecule has 0 aromatic rings. The third-order valence-electron chi connectivity index (χ3n) is 5.01. The van der Waals surface area contributed by atoms with Crippen molar-refractivity contribution in [2.75, 3.05) is 26.2 Å². The fraction of sp³-hybridized carbons (Fsp3) is 0.938. The van der Waals surface area contributed by atoms with Gasteiger partial charge in [-0.1, -0.05) is 6.42 Å². The van der Waals surface area contributed by atoms with Crippen LogP contribution < -0.4 is 10.6 Å². The molecule has 0 saturated carbocycles. The lowest BCUT2D eigenvalue weighted by molar-refractivity contribution is -0.121. The number of hydrogen-bond donors (Lipinski definition) is 2. The molecule has 0 aromatic carbocycles. The first kappa shape index (κ1) is 22.0. The molecule has 132 valence electrons. The van der Waals surface area contributed by atoms with Gasteiger partial charge < -0.3 is 10.6 Å². The number of carbonyl (C=O) groups is 1. The Balaban J connectivity index is 0.00000220. The molecule has 6 heteroatoms. The summed E-state index contributed by atoms with van der Waals surface area (Å²) in [5, 5.41) is 6.45. The van der Waals surface area contributed by atoms with Gasteiger partial charge in [0.1, 0.15) is 0 Å². The van der Waals surface area contributed by atoms with E-state index >= 15 is 0 Å². The maximum absolute atomic E-state index is 11.9. The molecule has 0 radical (unpaired) electrons. The number of piperidine rings is 1. The SMILES string of the molecule is CC1CCCC(C)N1CCNC(=O)CCC1CCNC1.Cl.Cl. The molecular weight excluding hydrogens is 321 g/mol. The van der Waals surface area contributed by atoms with Crippen molar-refractivity contribution in [1.29, 1.82) is 0 Å². The molecule has 0 bridgehead atoms. The zero-order valence-electron chi connectivity index (χ0n) is 14.0. The van der Waals surface area contributed by atoms with Crippen molar-refractivity contribution in [1.82, 2.24) is 15.5 Å². The Morgan fingerprint density at radius 3 is 2.45 bits per heavy atom. The van der Waals surface area contributed by atoms with Crippen molar-refractivity contribution in [3.8, 4) is 0 Å². The highest BCUT2D eigenvalue weighted by molar-refractivity contribution is 5.85. The van der Waals surface area contributed by atoms with Gasteiger partial charge >= 0.3 is 0 Å². The fourth-order valence-corrected chi connectivity index (χ4v) is 3.62. The molecule has 2 heterocycles. The molecule has 0 aliphatic carbocycles. The van der Waals surface area contributed by atoms with E-state index in [1.54, 1.807) is 0 Å². The molecule has 0 aromatic heterocycles. The van der Waals surface area contributed by atoms with Gasteiger partial charge in [-0.25, -0.2) is 0 Å². The second-order valence-electron chi connectivity index (χ2n) is 6.61. The van der Waals surface area contributed by atoms with Gasteiger partial charge in [-0.2, -0.15) is 0 Å². The fourth-order valence-electron chi connectivity index (χ4n) is 3.62. The van der Waals surface area contributed by atoms with Crippen molar-refractivity contribution in [2.24, 2.45) is 5.92 Å². The minimum atomic E-state index is 0. The number of halogens is 2. The van der Waals surface area contributed by atoms with Gasteiger partial charge in [0, 0.05) is 31.6 Å². The summed E-state index contributed by atoms with van der Waals surface area (Å²) in [5.74, 6) is 0.942. The number of likely N-dealkylation sites (tertiary alicyclic amines) is 1. The van der Waals surface area contributed by atoms with E-state index in [1.807, 2.05) is 0 Å². The van der Waals surface area contributed by atoms with Crippen LogP contribution in [0.2, 0.25) is 0 Å². The molecular formula is C16H33Cl2N3O. The molecule has 1 amide bonds. The van der Waals surface area contributed by atoms with Crippen LogP contribution in [-0.2, 0) is 4.79 Å². The maximum atomic E-state index is 11.9. The zero-order valence-corrected chi connectivity index (χ0v) is 15.6. The highest BCUT2D eigenvalue weighted by Gasteiger charge is 2.24. The number of amides is 1. The van der Waals surface area contributed by atoms with E-state index in [4.69, 9.17) is 0 Å². The third-order valence-corrected chi connectivity index (χ3v) is 5.01. The summed E-state index contributed by atoms with van der Waals surface area (Å²) in [6.45, 7) is 8.64. The Morgan fingerprint density at radius 2 is 1.86 bits per heavy atom.